The van der Waals surface area contributed by atoms with Crippen molar-refractivity contribution in [1.82, 2.24) is 9.36 Å². The van der Waals surface area contributed by atoms with Crippen molar-refractivity contribution in [1.29, 1.82) is 0 Å². The van der Waals surface area contributed by atoms with Crippen LogP contribution in [0.15, 0.2) is 35.1 Å². The Kier molecular flexibility index (Phi) is 3.20. The second-order valence-electron chi connectivity index (χ2n) is 3.93. The van der Waals surface area contributed by atoms with Gasteiger partial charge >= 0.3 is 0 Å². The highest BCUT2D eigenvalue weighted by Gasteiger charge is 2.15. The third kappa shape index (κ3) is 2.02. The minimum absolute atomic E-state index is 0.0843. The summed E-state index contributed by atoms with van der Waals surface area (Å²) in [6, 6.07) is 9.39. The lowest BCUT2D eigenvalue weighted by Crippen LogP contribution is -2.25. The molecule has 2 aromatic rings. The molecule has 0 unspecified atom stereocenters. The Hall–Kier alpha value is -2.08. The zero-order valence-electron chi connectivity index (χ0n) is 10.2. The van der Waals surface area contributed by atoms with Gasteiger partial charge in [0.2, 0.25) is 0 Å². The number of aromatic nitrogens is 2. The second kappa shape index (κ2) is 4.66. The molecule has 1 aromatic carbocycles. The fourth-order valence-corrected chi connectivity index (χ4v) is 1.94. The third-order valence-corrected chi connectivity index (χ3v) is 2.90. The van der Waals surface area contributed by atoms with E-state index in [1.54, 1.807) is 9.36 Å². The van der Waals surface area contributed by atoms with Crippen LogP contribution in [0.25, 0.3) is 5.69 Å². The number of thiocarbonyl (C=S) groups is 1. The van der Waals surface area contributed by atoms with Crippen molar-refractivity contribution in [2.45, 2.75) is 6.92 Å². The standard InChI is InChI=1S/C12H14N4OS/c1-8-10(14-12(13)18)11(17)16(15(8)2)9-6-4-3-5-7-9/h3-7H,1-2H3,(H3,13,14,18). The van der Waals surface area contributed by atoms with E-state index in [2.05, 4.69) is 5.32 Å². The second-order valence-corrected chi connectivity index (χ2v) is 4.37. The van der Waals surface area contributed by atoms with Gasteiger partial charge in [0.05, 0.1) is 11.4 Å². The summed E-state index contributed by atoms with van der Waals surface area (Å²) >= 11 is 4.78. The van der Waals surface area contributed by atoms with Crippen molar-refractivity contribution in [3.63, 3.8) is 0 Å². The first-order valence-corrected chi connectivity index (χ1v) is 5.83. The SMILES string of the molecule is Cc1c(NC(N)=S)c(=O)n(-c2ccccc2)n1C. The van der Waals surface area contributed by atoms with Crippen molar-refractivity contribution in [2.75, 3.05) is 5.32 Å². The number of nitrogens with two attached hydrogens (primary N) is 1. The van der Waals surface area contributed by atoms with E-state index in [0.29, 0.717) is 5.69 Å². The quantitative estimate of drug-likeness (QED) is 0.797. The average molecular weight is 262 g/mol. The molecule has 0 aliphatic rings. The Morgan fingerprint density at radius 1 is 1.33 bits per heavy atom. The molecular formula is C12H14N4OS. The van der Waals surface area contributed by atoms with E-state index in [0.717, 1.165) is 11.4 Å². The Labute approximate surface area is 110 Å². The molecule has 1 aromatic heterocycles. The van der Waals surface area contributed by atoms with Crippen molar-refractivity contribution < 1.29 is 0 Å². The first-order valence-electron chi connectivity index (χ1n) is 5.43. The van der Waals surface area contributed by atoms with Gasteiger partial charge in [-0.2, -0.15) is 0 Å². The zero-order valence-corrected chi connectivity index (χ0v) is 11.0. The first-order chi connectivity index (χ1) is 8.52. The number of nitrogens with zero attached hydrogens (tertiary/aromatic N) is 2. The van der Waals surface area contributed by atoms with Crippen LogP contribution in [0.4, 0.5) is 5.69 Å². The van der Waals surface area contributed by atoms with Gasteiger partial charge in [-0.05, 0) is 31.3 Å². The number of nitrogens with one attached hydrogen (secondary N) is 1. The third-order valence-electron chi connectivity index (χ3n) is 2.80. The molecule has 0 saturated heterocycles. The molecule has 0 aliphatic heterocycles. The maximum absolute atomic E-state index is 12.3. The molecule has 0 amide bonds. The smallest absolute Gasteiger partial charge is 0.295 e. The summed E-state index contributed by atoms with van der Waals surface area (Å²) < 4.78 is 3.33. The van der Waals surface area contributed by atoms with E-state index in [1.807, 2.05) is 44.3 Å². The number of hydrogen-bond acceptors (Lipinski definition) is 2. The van der Waals surface area contributed by atoms with Crippen LogP contribution in [0.2, 0.25) is 0 Å². The van der Waals surface area contributed by atoms with E-state index in [1.165, 1.54) is 0 Å². The lowest BCUT2D eigenvalue weighted by molar-refractivity contribution is 0.630. The van der Waals surface area contributed by atoms with Gasteiger partial charge in [0, 0.05) is 7.05 Å². The van der Waals surface area contributed by atoms with Crippen molar-refractivity contribution in [3.05, 3.63) is 46.4 Å². The fraction of sp³-hybridized carbons (Fsp3) is 0.167. The summed E-state index contributed by atoms with van der Waals surface area (Å²) in [5, 5.41) is 2.81. The molecule has 1 heterocycles. The summed E-state index contributed by atoms with van der Waals surface area (Å²) in [4.78, 5) is 12.3. The summed E-state index contributed by atoms with van der Waals surface area (Å²) in [5.74, 6) is 0. The van der Waals surface area contributed by atoms with E-state index < -0.39 is 0 Å². The summed E-state index contributed by atoms with van der Waals surface area (Å²) in [6.07, 6.45) is 0. The van der Waals surface area contributed by atoms with Crippen LogP contribution in [-0.2, 0) is 7.05 Å². The number of anilines is 1. The van der Waals surface area contributed by atoms with Gasteiger partial charge in [-0.3, -0.25) is 9.48 Å². The monoisotopic (exact) mass is 262 g/mol. The Morgan fingerprint density at radius 2 is 1.94 bits per heavy atom. The molecule has 0 fully saturated rings. The normalized spacial score (nSPS) is 10.3. The maximum atomic E-state index is 12.3. The van der Waals surface area contributed by atoms with Crippen LogP contribution in [0.1, 0.15) is 5.69 Å². The minimum atomic E-state index is -0.172. The summed E-state index contributed by atoms with van der Waals surface area (Å²) in [7, 11) is 1.81. The van der Waals surface area contributed by atoms with Crippen LogP contribution in [0.5, 0.6) is 0 Å². The van der Waals surface area contributed by atoms with E-state index in [4.69, 9.17) is 18.0 Å². The van der Waals surface area contributed by atoms with E-state index >= 15 is 0 Å². The van der Waals surface area contributed by atoms with Gasteiger partial charge in [0.1, 0.15) is 5.69 Å². The largest absolute Gasteiger partial charge is 0.376 e. The Morgan fingerprint density at radius 3 is 2.50 bits per heavy atom. The molecule has 0 atom stereocenters. The average Bonchev–Trinajstić information content (AvgIpc) is 2.54. The van der Waals surface area contributed by atoms with Gasteiger partial charge in [-0.15, -0.1) is 0 Å². The van der Waals surface area contributed by atoms with Gasteiger partial charge in [0.15, 0.2) is 5.11 Å². The van der Waals surface area contributed by atoms with Crippen LogP contribution in [0.3, 0.4) is 0 Å². The Balaban J connectivity index is 2.64. The molecule has 6 heteroatoms. The highest BCUT2D eigenvalue weighted by molar-refractivity contribution is 7.80. The molecule has 2 rings (SSSR count). The van der Waals surface area contributed by atoms with E-state index in [-0.39, 0.29) is 10.7 Å². The van der Waals surface area contributed by atoms with Gasteiger partial charge in [-0.1, -0.05) is 18.2 Å². The topological polar surface area (TPSA) is 65.0 Å². The molecule has 18 heavy (non-hydrogen) atoms. The zero-order chi connectivity index (χ0) is 13.3. The van der Waals surface area contributed by atoms with Crippen LogP contribution in [0, 0.1) is 6.92 Å². The summed E-state index contributed by atoms with van der Waals surface area (Å²) in [5.41, 5.74) is 7.23. The highest BCUT2D eigenvalue weighted by atomic mass is 32.1. The fourth-order valence-electron chi connectivity index (χ4n) is 1.84. The highest BCUT2D eigenvalue weighted by Crippen LogP contribution is 2.13. The summed E-state index contributed by atoms with van der Waals surface area (Å²) in [6.45, 7) is 1.83. The molecule has 0 bridgehead atoms. The molecule has 0 radical (unpaired) electrons. The molecule has 0 saturated carbocycles. The molecular weight excluding hydrogens is 248 g/mol. The number of para-hydroxylation sites is 1. The Bertz CT molecular complexity index is 642. The van der Waals surface area contributed by atoms with Crippen LogP contribution in [-0.4, -0.2) is 14.5 Å². The predicted molar refractivity (Wildman–Crippen MR) is 76.2 cm³/mol. The number of hydrogen-bond donors (Lipinski definition) is 2. The van der Waals surface area contributed by atoms with Gasteiger partial charge < -0.3 is 11.1 Å². The van der Waals surface area contributed by atoms with Crippen molar-refractivity contribution >= 4 is 23.0 Å². The lowest BCUT2D eigenvalue weighted by Gasteiger charge is -2.07. The molecule has 0 spiro atoms. The van der Waals surface area contributed by atoms with Crippen molar-refractivity contribution in [3.8, 4) is 5.69 Å². The van der Waals surface area contributed by atoms with Gasteiger partial charge in [-0.25, -0.2) is 4.68 Å². The molecule has 94 valence electrons. The molecule has 0 aliphatic carbocycles. The van der Waals surface area contributed by atoms with Gasteiger partial charge in [0.25, 0.3) is 5.56 Å². The number of benzene rings is 1. The maximum Gasteiger partial charge on any atom is 0.295 e. The minimum Gasteiger partial charge on any atom is -0.376 e. The number of rotatable bonds is 2. The lowest BCUT2D eigenvalue weighted by atomic mass is 10.3. The first kappa shape index (κ1) is 12.4. The molecule has 5 nitrogen and oxygen atoms in total. The van der Waals surface area contributed by atoms with Crippen LogP contribution < -0.4 is 16.6 Å². The van der Waals surface area contributed by atoms with E-state index in [9.17, 15) is 4.79 Å². The molecule has 3 N–H and O–H groups in total. The van der Waals surface area contributed by atoms with Crippen LogP contribution >= 0.6 is 12.2 Å². The van der Waals surface area contributed by atoms with Crippen molar-refractivity contribution in [2.24, 2.45) is 12.8 Å². The predicted octanol–water partition coefficient (Wildman–Crippen LogP) is 1.14.